The molecule has 6 nitrogen and oxygen atoms in total. The van der Waals surface area contributed by atoms with Crippen LogP contribution in [0.1, 0.15) is 78.4 Å². The zero-order chi connectivity index (χ0) is 30.6. The number of amides is 1. The molecule has 10 heteroatoms. The van der Waals surface area contributed by atoms with Crippen LogP contribution in [0.2, 0.25) is 5.02 Å². The van der Waals surface area contributed by atoms with E-state index >= 15 is 0 Å². The van der Waals surface area contributed by atoms with Crippen LogP contribution in [0.4, 0.5) is 18.9 Å². The minimum absolute atomic E-state index is 0.00760. The third-order valence-corrected chi connectivity index (χ3v) is 5.92. The van der Waals surface area contributed by atoms with Crippen LogP contribution in [0, 0.1) is 22.9 Å². The number of benzene rings is 2. The summed E-state index contributed by atoms with van der Waals surface area (Å²) in [6, 6.07) is 7.06. The second-order valence-electron chi connectivity index (χ2n) is 11.4. The molecule has 2 aromatic rings. The first-order chi connectivity index (χ1) is 18.0. The summed E-state index contributed by atoms with van der Waals surface area (Å²) in [5.74, 6) is -2.81. The number of aliphatic hydroxyl groups excluding tert-OH is 1. The molecule has 0 bridgehead atoms. The molecule has 2 atom stereocenters. The van der Waals surface area contributed by atoms with Crippen LogP contribution in [-0.2, 0) is 11.3 Å². The van der Waals surface area contributed by atoms with Crippen LogP contribution < -0.4 is 16.4 Å². The van der Waals surface area contributed by atoms with Gasteiger partial charge in [0.05, 0.1) is 16.3 Å². The van der Waals surface area contributed by atoms with Gasteiger partial charge in [-0.3, -0.25) is 4.79 Å². The van der Waals surface area contributed by atoms with Crippen molar-refractivity contribution in [3.8, 4) is 0 Å². The maximum Gasteiger partial charge on any atom is 0.211 e. The van der Waals surface area contributed by atoms with Crippen LogP contribution in [0.25, 0.3) is 0 Å². The Labute approximate surface area is 236 Å². The van der Waals surface area contributed by atoms with Gasteiger partial charge >= 0.3 is 0 Å². The summed E-state index contributed by atoms with van der Waals surface area (Å²) in [7, 11) is 1.00. The molecule has 3 rings (SSSR count). The Balaban J connectivity index is 0.000000844. The maximum atomic E-state index is 14.0. The standard InChI is InChI=1S/C18H18ClF3N2O.C5H11NO.C5H12.CH4O/c1-10(13-4-3-5-15(20)16(13)21)11(2)23-8-12-6-7-14(19)17(22)18(12)24-9-25;1-5(7)2-4(6)3-5;1-5(2,3)4;1-2/h3-7,9-11,23H,8H2,1-2H3,(H,24,25);4,7H,2-3,6H2,1H3;1-4H3;2H,1H3/t10?,11-;;;/m0.../s1. The van der Waals surface area contributed by atoms with Crippen molar-refractivity contribution in [3.05, 3.63) is 63.9 Å². The van der Waals surface area contributed by atoms with E-state index in [0.29, 0.717) is 17.4 Å². The van der Waals surface area contributed by atoms with Crippen molar-refractivity contribution in [1.82, 2.24) is 5.32 Å². The van der Waals surface area contributed by atoms with Crippen LogP contribution in [-0.4, -0.2) is 41.4 Å². The number of halogens is 4. The Morgan fingerprint density at radius 3 is 2.08 bits per heavy atom. The summed E-state index contributed by atoms with van der Waals surface area (Å²) in [4.78, 5) is 10.7. The van der Waals surface area contributed by atoms with Crippen LogP contribution in [0.5, 0.6) is 0 Å². The minimum atomic E-state index is -0.895. The largest absolute Gasteiger partial charge is 0.400 e. The molecule has 0 aliphatic heterocycles. The molecule has 0 aromatic heterocycles. The van der Waals surface area contributed by atoms with E-state index in [9.17, 15) is 18.0 Å². The molecule has 6 N–H and O–H groups in total. The summed E-state index contributed by atoms with van der Waals surface area (Å²) in [5.41, 5.74) is 6.21. The minimum Gasteiger partial charge on any atom is -0.400 e. The number of hydrogen-bond acceptors (Lipinski definition) is 5. The van der Waals surface area contributed by atoms with Crippen LogP contribution >= 0.6 is 11.6 Å². The summed E-state index contributed by atoms with van der Waals surface area (Å²) >= 11 is 5.72. The highest BCUT2D eigenvalue weighted by molar-refractivity contribution is 6.31. The molecule has 1 unspecified atom stereocenters. The number of hydrogen-bond donors (Lipinski definition) is 5. The van der Waals surface area contributed by atoms with Crippen LogP contribution in [0.15, 0.2) is 30.3 Å². The van der Waals surface area contributed by atoms with Gasteiger partial charge in [0.1, 0.15) is 0 Å². The predicted octanol–water partition coefficient (Wildman–Crippen LogP) is 6.13. The summed E-state index contributed by atoms with van der Waals surface area (Å²) in [5, 5.41) is 21.3. The van der Waals surface area contributed by atoms with Gasteiger partial charge in [0, 0.05) is 25.7 Å². The lowest BCUT2D eigenvalue weighted by molar-refractivity contribution is -0.105. The molecule has 1 saturated carbocycles. The third kappa shape index (κ3) is 13.6. The highest BCUT2D eigenvalue weighted by Crippen LogP contribution is 2.29. The molecule has 2 aromatic carbocycles. The lowest BCUT2D eigenvalue weighted by atomic mass is 9.78. The summed E-state index contributed by atoms with van der Waals surface area (Å²) in [6.07, 6.45) is 1.91. The first-order valence-corrected chi connectivity index (χ1v) is 13.1. The number of nitrogens with two attached hydrogens (primary N) is 1. The Morgan fingerprint density at radius 1 is 1.10 bits per heavy atom. The van der Waals surface area contributed by atoms with Crippen molar-refractivity contribution in [2.24, 2.45) is 11.1 Å². The van der Waals surface area contributed by atoms with Gasteiger partial charge in [-0.05, 0) is 61.3 Å². The zero-order valence-corrected chi connectivity index (χ0v) is 25.0. The lowest BCUT2D eigenvalue weighted by Gasteiger charge is -2.38. The predicted molar refractivity (Wildman–Crippen MR) is 153 cm³/mol. The van der Waals surface area contributed by atoms with Crippen molar-refractivity contribution < 1.29 is 28.2 Å². The maximum absolute atomic E-state index is 14.0. The van der Waals surface area contributed by atoms with Gasteiger partial charge in [-0.25, -0.2) is 13.2 Å². The van der Waals surface area contributed by atoms with Crippen molar-refractivity contribution in [1.29, 1.82) is 0 Å². The molecular formula is C29H45ClF3N3O3. The van der Waals surface area contributed by atoms with Crippen molar-refractivity contribution >= 4 is 23.7 Å². The monoisotopic (exact) mass is 575 g/mol. The van der Waals surface area contributed by atoms with Crippen molar-refractivity contribution in [3.63, 3.8) is 0 Å². The molecule has 0 radical (unpaired) electrons. The van der Waals surface area contributed by atoms with E-state index in [2.05, 4.69) is 38.3 Å². The van der Waals surface area contributed by atoms with E-state index in [0.717, 1.165) is 26.0 Å². The molecule has 0 saturated heterocycles. The topological polar surface area (TPSA) is 108 Å². The SMILES string of the molecule is CC(C)(C)C.CC(c1cccc(F)c1F)[C@H](C)NCc1ccc(Cl)c(F)c1NC=O.CC1(O)CC(N)C1.CO. The highest BCUT2D eigenvalue weighted by Gasteiger charge is 2.35. The fourth-order valence-corrected chi connectivity index (χ4v) is 3.77. The molecule has 0 spiro atoms. The van der Waals surface area contributed by atoms with E-state index in [1.54, 1.807) is 13.0 Å². The number of carbonyl (C=O) groups excluding carboxylic acids is 1. The Morgan fingerprint density at radius 2 is 1.64 bits per heavy atom. The van der Waals surface area contributed by atoms with Gasteiger partial charge in [0.15, 0.2) is 17.5 Å². The smallest absolute Gasteiger partial charge is 0.211 e. The molecule has 1 aliphatic rings. The van der Waals surface area contributed by atoms with Gasteiger partial charge in [0.25, 0.3) is 0 Å². The second kappa shape index (κ2) is 16.8. The summed E-state index contributed by atoms with van der Waals surface area (Å²) in [6.45, 7) is 14.4. The first-order valence-electron chi connectivity index (χ1n) is 12.7. The molecule has 1 fully saturated rings. The van der Waals surface area contributed by atoms with E-state index in [-0.39, 0.29) is 40.8 Å². The van der Waals surface area contributed by atoms with E-state index in [1.807, 2.05) is 13.8 Å². The second-order valence-corrected chi connectivity index (χ2v) is 11.8. The van der Waals surface area contributed by atoms with Gasteiger partial charge in [-0.2, -0.15) is 0 Å². The van der Waals surface area contributed by atoms with Gasteiger partial charge in [-0.15, -0.1) is 0 Å². The number of carbonyl (C=O) groups is 1. The molecule has 1 amide bonds. The fourth-order valence-electron chi connectivity index (χ4n) is 3.61. The number of nitrogens with one attached hydrogen (secondary N) is 2. The normalized spacial score (nSPS) is 19.4. The van der Waals surface area contributed by atoms with Crippen molar-refractivity contribution in [2.45, 2.75) is 91.5 Å². The number of rotatable bonds is 7. The van der Waals surface area contributed by atoms with E-state index < -0.39 is 23.1 Å². The highest BCUT2D eigenvalue weighted by atomic mass is 35.5. The number of anilines is 1. The van der Waals surface area contributed by atoms with E-state index in [4.69, 9.17) is 27.5 Å². The van der Waals surface area contributed by atoms with Crippen molar-refractivity contribution in [2.75, 3.05) is 12.4 Å². The fraction of sp³-hybridized carbons (Fsp3) is 0.552. The zero-order valence-electron chi connectivity index (χ0n) is 24.2. The molecule has 222 valence electrons. The Kier molecular flexibility index (Phi) is 15.9. The quantitative estimate of drug-likeness (QED) is 0.255. The molecule has 39 heavy (non-hydrogen) atoms. The number of aliphatic hydroxyl groups is 2. The molecule has 1 aliphatic carbocycles. The Hall–Kier alpha value is -2.17. The lowest BCUT2D eigenvalue weighted by Crippen LogP contribution is -2.49. The first kappa shape index (κ1) is 36.8. The van der Waals surface area contributed by atoms with E-state index in [1.165, 1.54) is 18.2 Å². The van der Waals surface area contributed by atoms with Gasteiger partial charge in [-0.1, -0.05) is 64.4 Å². The summed E-state index contributed by atoms with van der Waals surface area (Å²) < 4.78 is 41.3. The van der Waals surface area contributed by atoms with Gasteiger partial charge in [0.2, 0.25) is 6.41 Å². The third-order valence-electron chi connectivity index (χ3n) is 5.62. The Bertz CT molecular complexity index is 1020. The average molecular weight is 576 g/mol. The average Bonchev–Trinajstić information content (AvgIpc) is 2.82. The molecule has 0 heterocycles. The van der Waals surface area contributed by atoms with Gasteiger partial charge < -0.3 is 26.6 Å². The van der Waals surface area contributed by atoms with Crippen LogP contribution in [0.3, 0.4) is 0 Å². The molecular weight excluding hydrogens is 531 g/mol.